The molecule has 1 aromatic carbocycles. The minimum atomic E-state index is -1.35. The SMILES string of the molecule is COc1cc(NC(=O)CN2C(=O)NC(C)(c3ccco3)C2=O)cc(OC)c1. The van der Waals surface area contributed by atoms with Gasteiger partial charge >= 0.3 is 6.03 Å². The van der Waals surface area contributed by atoms with Gasteiger partial charge in [-0.2, -0.15) is 0 Å². The maximum absolute atomic E-state index is 12.7. The van der Waals surface area contributed by atoms with E-state index in [2.05, 4.69) is 10.6 Å². The Morgan fingerprint density at radius 1 is 1.22 bits per heavy atom. The van der Waals surface area contributed by atoms with Gasteiger partial charge in [0.05, 0.1) is 20.5 Å². The Kier molecular flexibility index (Phi) is 4.76. The van der Waals surface area contributed by atoms with Crippen molar-refractivity contribution in [3.63, 3.8) is 0 Å². The molecule has 1 aromatic heterocycles. The molecule has 1 atom stereocenters. The second-order valence-corrected chi connectivity index (χ2v) is 6.07. The number of imide groups is 1. The number of carbonyl (C=O) groups is 3. The quantitative estimate of drug-likeness (QED) is 0.746. The molecule has 27 heavy (non-hydrogen) atoms. The van der Waals surface area contributed by atoms with Gasteiger partial charge in [0.15, 0.2) is 5.54 Å². The average Bonchev–Trinajstić information content (AvgIpc) is 3.26. The van der Waals surface area contributed by atoms with Crippen molar-refractivity contribution in [2.75, 3.05) is 26.1 Å². The van der Waals surface area contributed by atoms with Gasteiger partial charge in [0.1, 0.15) is 23.8 Å². The summed E-state index contributed by atoms with van der Waals surface area (Å²) in [7, 11) is 2.98. The van der Waals surface area contributed by atoms with Crippen molar-refractivity contribution in [3.8, 4) is 11.5 Å². The molecule has 9 nitrogen and oxygen atoms in total. The van der Waals surface area contributed by atoms with Crippen molar-refractivity contribution in [2.24, 2.45) is 0 Å². The van der Waals surface area contributed by atoms with Crippen molar-refractivity contribution < 1.29 is 28.3 Å². The van der Waals surface area contributed by atoms with E-state index in [4.69, 9.17) is 13.9 Å². The van der Waals surface area contributed by atoms with Crippen LogP contribution in [0.1, 0.15) is 12.7 Å². The lowest BCUT2D eigenvalue weighted by Crippen LogP contribution is -2.41. The maximum Gasteiger partial charge on any atom is 0.325 e. The van der Waals surface area contributed by atoms with E-state index < -0.39 is 29.9 Å². The summed E-state index contributed by atoms with van der Waals surface area (Å²) in [5.74, 6) is 0.162. The highest BCUT2D eigenvalue weighted by Crippen LogP contribution is 2.29. The van der Waals surface area contributed by atoms with Crippen LogP contribution < -0.4 is 20.1 Å². The molecule has 2 aromatic rings. The second-order valence-electron chi connectivity index (χ2n) is 6.07. The number of hydrogen-bond acceptors (Lipinski definition) is 6. The lowest BCUT2D eigenvalue weighted by molar-refractivity contribution is -0.134. The Hall–Kier alpha value is -3.49. The van der Waals surface area contributed by atoms with Crippen molar-refractivity contribution in [3.05, 3.63) is 42.4 Å². The van der Waals surface area contributed by atoms with Gasteiger partial charge in [-0.1, -0.05) is 0 Å². The number of hydrogen-bond donors (Lipinski definition) is 2. The van der Waals surface area contributed by atoms with Crippen molar-refractivity contribution in [2.45, 2.75) is 12.5 Å². The molecular formula is C18H19N3O6. The van der Waals surface area contributed by atoms with Gasteiger partial charge < -0.3 is 24.5 Å². The fourth-order valence-corrected chi connectivity index (χ4v) is 2.79. The summed E-state index contributed by atoms with van der Waals surface area (Å²) in [4.78, 5) is 38.1. The summed E-state index contributed by atoms with van der Waals surface area (Å²) in [6.07, 6.45) is 1.41. The lowest BCUT2D eigenvalue weighted by Gasteiger charge is -2.19. The number of carbonyl (C=O) groups excluding carboxylic acids is 3. The predicted octanol–water partition coefficient (Wildman–Crippen LogP) is 1.70. The highest BCUT2D eigenvalue weighted by molar-refractivity contribution is 6.10. The van der Waals surface area contributed by atoms with Gasteiger partial charge in [0.2, 0.25) is 5.91 Å². The van der Waals surface area contributed by atoms with Gasteiger partial charge in [0.25, 0.3) is 5.91 Å². The first-order valence-corrected chi connectivity index (χ1v) is 8.08. The molecule has 1 aliphatic rings. The molecule has 2 N–H and O–H groups in total. The molecule has 1 fully saturated rings. The van der Waals surface area contributed by atoms with Crippen LogP contribution >= 0.6 is 0 Å². The van der Waals surface area contributed by atoms with Gasteiger partial charge in [-0.05, 0) is 19.1 Å². The molecule has 0 radical (unpaired) electrons. The number of rotatable bonds is 6. The maximum atomic E-state index is 12.7. The standard InChI is InChI=1S/C18H19N3O6/c1-18(14-5-4-6-27-14)16(23)21(17(24)20-18)10-15(22)19-11-7-12(25-2)9-13(8-11)26-3/h4-9H,10H2,1-3H3,(H,19,22)(H,20,24). The van der Waals surface area contributed by atoms with Crippen LogP contribution in [0, 0.1) is 0 Å². The number of nitrogens with zero attached hydrogens (tertiary/aromatic N) is 1. The molecule has 0 bridgehead atoms. The third-order valence-corrected chi connectivity index (χ3v) is 4.23. The van der Waals surface area contributed by atoms with Crippen LogP contribution in [-0.2, 0) is 15.1 Å². The van der Waals surface area contributed by atoms with E-state index in [9.17, 15) is 14.4 Å². The fraction of sp³-hybridized carbons (Fsp3) is 0.278. The first-order valence-electron chi connectivity index (χ1n) is 8.08. The third kappa shape index (κ3) is 3.43. The number of anilines is 1. The van der Waals surface area contributed by atoms with Crippen LogP contribution in [0.25, 0.3) is 0 Å². The van der Waals surface area contributed by atoms with E-state index in [0.717, 1.165) is 4.90 Å². The zero-order valence-electron chi connectivity index (χ0n) is 15.1. The largest absolute Gasteiger partial charge is 0.497 e. The van der Waals surface area contributed by atoms with Crippen molar-refractivity contribution in [1.82, 2.24) is 10.2 Å². The van der Waals surface area contributed by atoms with Crippen LogP contribution in [0.15, 0.2) is 41.0 Å². The zero-order valence-corrected chi connectivity index (χ0v) is 15.1. The third-order valence-electron chi connectivity index (χ3n) is 4.23. The Balaban J connectivity index is 1.73. The van der Waals surface area contributed by atoms with E-state index in [1.165, 1.54) is 27.4 Å². The molecule has 0 spiro atoms. The summed E-state index contributed by atoms with van der Waals surface area (Å²) in [5.41, 5.74) is -0.933. The molecule has 3 rings (SSSR count). The van der Waals surface area contributed by atoms with Crippen LogP contribution in [0.4, 0.5) is 10.5 Å². The fourth-order valence-electron chi connectivity index (χ4n) is 2.79. The monoisotopic (exact) mass is 373 g/mol. The van der Waals surface area contributed by atoms with E-state index in [1.807, 2.05) is 0 Å². The summed E-state index contributed by atoms with van der Waals surface area (Å²) >= 11 is 0. The Morgan fingerprint density at radius 2 is 1.89 bits per heavy atom. The number of nitrogens with one attached hydrogen (secondary N) is 2. The summed E-state index contributed by atoms with van der Waals surface area (Å²) < 4.78 is 15.5. The predicted molar refractivity (Wildman–Crippen MR) is 94.5 cm³/mol. The number of furan rings is 1. The summed E-state index contributed by atoms with van der Waals surface area (Å²) in [5, 5.41) is 5.19. The average molecular weight is 373 g/mol. The van der Waals surface area contributed by atoms with Crippen LogP contribution in [0.2, 0.25) is 0 Å². The smallest absolute Gasteiger partial charge is 0.325 e. The highest BCUT2D eigenvalue weighted by atomic mass is 16.5. The Labute approximate surface area is 155 Å². The molecular weight excluding hydrogens is 354 g/mol. The topological polar surface area (TPSA) is 110 Å². The van der Waals surface area contributed by atoms with Crippen molar-refractivity contribution >= 4 is 23.5 Å². The molecule has 4 amide bonds. The molecule has 1 aliphatic heterocycles. The molecule has 142 valence electrons. The Bertz CT molecular complexity index is 857. The molecule has 0 saturated carbocycles. The van der Waals surface area contributed by atoms with Gasteiger partial charge in [0, 0.05) is 23.9 Å². The number of methoxy groups -OCH3 is 2. The number of ether oxygens (including phenoxy) is 2. The van der Waals surface area contributed by atoms with E-state index in [-0.39, 0.29) is 0 Å². The normalized spacial score (nSPS) is 19.0. The first kappa shape index (κ1) is 18.3. The number of amides is 4. The number of benzene rings is 1. The molecule has 1 saturated heterocycles. The van der Waals surface area contributed by atoms with Crippen LogP contribution in [0.3, 0.4) is 0 Å². The molecule has 9 heteroatoms. The van der Waals surface area contributed by atoms with Gasteiger partial charge in [-0.25, -0.2) is 4.79 Å². The minimum absolute atomic E-state index is 0.293. The van der Waals surface area contributed by atoms with E-state index in [1.54, 1.807) is 30.3 Å². The first-order chi connectivity index (χ1) is 12.9. The van der Waals surface area contributed by atoms with Gasteiger partial charge in [-0.3, -0.25) is 14.5 Å². The van der Waals surface area contributed by atoms with E-state index in [0.29, 0.717) is 22.9 Å². The second kappa shape index (κ2) is 7.02. The van der Waals surface area contributed by atoms with Crippen LogP contribution in [-0.4, -0.2) is 43.5 Å². The zero-order chi connectivity index (χ0) is 19.6. The highest BCUT2D eigenvalue weighted by Gasteiger charge is 2.51. The van der Waals surface area contributed by atoms with E-state index >= 15 is 0 Å². The Morgan fingerprint density at radius 3 is 2.44 bits per heavy atom. The van der Waals surface area contributed by atoms with Crippen molar-refractivity contribution in [1.29, 1.82) is 0 Å². The summed E-state index contributed by atoms with van der Waals surface area (Å²) in [6.45, 7) is 1.08. The number of urea groups is 1. The van der Waals surface area contributed by atoms with Gasteiger partial charge in [-0.15, -0.1) is 0 Å². The molecule has 0 aliphatic carbocycles. The summed E-state index contributed by atoms with van der Waals surface area (Å²) in [6, 6.07) is 7.38. The molecule has 1 unspecified atom stereocenters. The molecule has 2 heterocycles. The van der Waals surface area contributed by atoms with Crippen LogP contribution in [0.5, 0.6) is 11.5 Å². The minimum Gasteiger partial charge on any atom is -0.497 e. The lowest BCUT2D eigenvalue weighted by atomic mass is 9.99.